The molecule has 1 heterocycles. The van der Waals surface area contributed by atoms with E-state index in [1.807, 2.05) is 0 Å². The minimum Gasteiger partial charge on any atom is -0.370 e. The summed E-state index contributed by atoms with van der Waals surface area (Å²) in [4.78, 5) is 4.74. The molecule has 0 spiro atoms. The largest absolute Gasteiger partial charge is 0.370 e. The van der Waals surface area contributed by atoms with E-state index in [0.717, 1.165) is 24.2 Å². The Morgan fingerprint density at radius 1 is 1.16 bits per heavy atom. The van der Waals surface area contributed by atoms with Crippen LogP contribution in [0.1, 0.15) is 56.7 Å². The molecule has 0 unspecified atom stereocenters. The molecular formula is C17H26N2. The number of nitrogens with zero attached hydrogens (tertiary/aromatic N) is 1. The average Bonchev–Trinajstić information content (AvgIpc) is 2.88. The van der Waals surface area contributed by atoms with E-state index >= 15 is 0 Å². The van der Waals surface area contributed by atoms with Crippen molar-refractivity contribution in [3.05, 3.63) is 23.4 Å². The predicted molar refractivity (Wildman–Crippen MR) is 80.5 cm³/mol. The topological polar surface area (TPSA) is 24.9 Å². The Kier molecular flexibility index (Phi) is 4.05. The normalized spacial score (nSPS) is 26.2. The standard InChI is InChI=1S/C17H26N2/c1-13-5-7-14(8-6-13)11-12-18-17-10-9-15-3-2-4-16(15)19-17/h9-10,13-14H,2-8,11-12H2,1H3,(H,18,19). The van der Waals surface area contributed by atoms with Crippen LogP contribution in [0.3, 0.4) is 0 Å². The van der Waals surface area contributed by atoms with Gasteiger partial charge in [0.25, 0.3) is 0 Å². The molecule has 0 atom stereocenters. The summed E-state index contributed by atoms with van der Waals surface area (Å²) in [6.45, 7) is 3.48. The van der Waals surface area contributed by atoms with Crippen LogP contribution in [0.5, 0.6) is 0 Å². The third-order valence-electron chi connectivity index (χ3n) is 4.92. The first-order valence-electron chi connectivity index (χ1n) is 8.04. The fraction of sp³-hybridized carbons (Fsp3) is 0.706. The van der Waals surface area contributed by atoms with E-state index < -0.39 is 0 Å². The molecule has 2 aliphatic carbocycles. The van der Waals surface area contributed by atoms with Crippen LogP contribution in [-0.2, 0) is 12.8 Å². The van der Waals surface area contributed by atoms with Gasteiger partial charge in [0.1, 0.15) is 5.82 Å². The Morgan fingerprint density at radius 2 is 2.00 bits per heavy atom. The zero-order valence-corrected chi connectivity index (χ0v) is 12.1. The van der Waals surface area contributed by atoms with Crippen molar-refractivity contribution in [3.8, 4) is 0 Å². The molecule has 1 N–H and O–H groups in total. The smallest absolute Gasteiger partial charge is 0.126 e. The molecule has 0 aromatic carbocycles. The fourth-order valence-electron chi connectivity index (χ4n) is 3.54. The molecule has 19 heavy (non-hydrogen) atoms. The van der Waals surface area contributed by atoms with E-state index in [4.69, 9.17) is 4.98 Å². The zero-order valence-electron chi connectivity index (χ0n) is 12.1. The number of hydrogen-bond acceptors (Lipinski definition) is 2. The predicted octanol–water partition coefficient (Wildman–Crippen LogP) is 4.20. The van der Waals surface area contributed by atoms with Crippen LogP contribution < -0.4 is 5.32 Å². The fourth-order valence-corrected chi connectivity index (χ4v) is 3.54. The number of anilines is 1. The van der Waals surface area contributed by atoms with Gasteiger partial charge in [-0.2, -0.15) is 0 Å². The van der Waals surface area contributed by atoms with Crippen LogP contribution >= 0.6 is 0 Å². The summed E-state index contributed by atoms with van der Waals surface area (Å²) in [6, 6.07) is 4.42. The lowest BCUT2D eigenvalue weighted by molar-refractivity contribution is 0.282. The highest BCUT2D eigenvalue weighted by atomic mass is 15.0. The Hall–Kier alpha value is -1.05. The lowest BCUT2D eigenvalue weighted by Crippen LogP contribution is -2.16. The number of aromatic nitrogens is 1. The summed E-state index contributed by atoms with van der Waals surface area (Å²) in [5.74, 6) is 2.99. The number of rotatable bonds is 4. The van der Waals surface area contributed by atoms with Gasteiger partial charge < -0.3 is 5.32 Å². The van der Waals surface area contributed by atoms with Crippen molar-refractivity contribution >= 4 is 5.82 Å². The molecule has 1 fully saturated rings. The van der Waals surface area contributed by atoms with Gasteiger partial charge >= 0.3 is 0 Å². The van der Waals surface area contributed by atoms with E-state index in [2.05, 4.69) is 24.4 Å². The SMILES string of the molecule is CC1CCC(CCNc2ccc3c(n2)CCC3)CC1. The van der Waals surface area contributed by atoms with Crippen LogP contribution in [0.2, 0.25) is 0 Å². The average molecular weight is 258 g/mol. The van der Waals surface area contributed by atoms with Crippen molar-refractivity contribution in [1.82, 2.24) is 4.98 Å². The van der Waals surface area contributed by atoms with Gasteiger partial charge in [-0.05, 0) is 49.1 Å². The molecular weight excluding hydrogens is 232 g/mol. The van der Waals surface area contributed by atoms with Crippen LogP contribution in [0.15, 0.2) is 12.1 Å². The number of pyridine rings is 1. The second-order valence-electron chi connectivity index (χ2n) is 6.50. The highest BCUT2D eigenvalue weighted by Crippen LogP contribution is 2.30. The summed E-state index contributed by atoms with van der Waals surface area (Å²) >= 11 is 0. The van der Waals surface area contributed by atoms with E-state index in [0.29, 0.717) is 0 Å². The highest BCUT2D eigenvalue weighted by Gasteiger charge is 2.18. The molecule has 2 aliphatic rings. The van der Waals surface area contributed by atoms with E-state index in [-0.39, 0.29) is 0 Å². The van der Waals surface area contributed by atoms with Crippen molar-refractivity contribution in [2.75, 3.05) is 11.9 Å². The van der Waals surface area contributed by atoms with Crippen molar-refractivity contribution in [3.63, 3.8) is 0 Å². The van der Waals surface area contributed by atoms with Crippen molar-refractivity contribution < 1.29 is 0 Å². The Morgan fingerprint density at radius 3 is 2.84 bits per heavy atom. The van der Waals surface area contributed by atoms with Crippen LogP contribution in [0.4, 0.5) is 5.82 Å². The maximum atomic E-state index is 4.74. The Bertz CT molecular complexity index is 419. The first kappa shape index (κ1) is 13.0. The monoisotopic (exact) mass is 258 g/mol. The molecule has 2 nitrogen and oxygen atoms in total. The lowest BCUT2D eigenvalue weighted by atomic mass is 9.81. The van der Waals surface area contributed by atoms with Gasteiger partial charge in [-0.3, -0.25) is 0 Å². The number of nitrogens with one attached hydrogen (secondary N) is 1. The van der Waals surface area contributed by atoms with Crippen molar-refractivity contribution in [2.45, 2.75) is 58.3 Å². The third-order valence-corrected chi connectivity index (χ3v) is 4.92. The van der Waals surface area contributed by atoms with Crippen LogP contribution in [-0.4, -0.2) is 11.5 Å². The maximum Gasteiger partial charge on any atom is 0.126 e. The number of fused-ring (bicyclic) bond motifs is 1. The summed E-state index contributed by atoms with van der Waals surface area (Å²) in [5, 5.41) is 3.52. The third kappa shape index (κ3) is 3.29. The number of aryl methyl sites for hydroxylation is 2. The molecule has 1 aromatic rings. The first-order chi connectivity index (χ1) is 9.31. The minimum atomic E-state index is 0.943. The lowest BCUT2D eigenvalue weighted by Gasteiger charge is -2.26. The molecule has 0 saturated heterocycles. The van der Waals surface area contributed by atoms with Gasteiger partial charge in [-0.25, -0.2) is 4.98 Å². The Balaban J connectivity index is 1.45. The van der Waals surface area contributed by atoms with Gasteiger partial charge in [0.2, 0.25) is 0 Å². The quantitative estimate of drug-likeness (QED) is 0.875. The molecule has 3 rings (SSSR count). The second kappa shape index (κ2) is 5.94. The second-order valence-corrected chi connectivity index (χ2v) is 6.50. The molecule has 0 aliphatic heterocycles. The van der Waals surface area contributed by atoms with Crippen LogP contribution in [0, 0.1) is 11.8 Å². The van der Waals surface area contributed by atoms with E-state index in [1.54, 1.807) is 0 Å². The van der Waals surface area contributed by atoms with E-state index in [9.17, 15) is 0 Å². The molecule has 0 radical (unpaired) electrons. The summed E-state index contributed by atoms with van der Waals surface area (Å²) in [6.07, 6.45) is 10.7. The van der Waals surface area contributed by atoms with Crippen molar-refractivity contribution in [2.24, 2.45) is 11.8 Å². The molecule has 2 heteroatoms. The molecule has 104 valence electrons. The molecule has 1 aromatic heterocycles. The minimum absolute atomic E-state index is 0.943. The van der Waals surface area contributed by atoms with Gasteiger partial charge in [-0.1, -0.05) is 38.7 Å². The zero-order chi connectivity index (χ0) is 13.1. The van der Waals surface area contributed by atoms with E-state index in [1.165, 1.54) is 62.6 Å². The van der Waals surface area contributed by atoms with Gasteiger partial charge in [0.05, 0.1) is 0 Å². The number of hydrogen-bond donors (Lipinski definition) is 1. The first-order valence-corrected chi connectivity index (χ1v) is 8.04. The van der Waals surface area contributed by atoms with Crippen molar-refractivity contribution in [1.29, 1.82) is 0 Å². The summed E-state index contributed by atoms with van der Waals surface area (Å²) in [5.41, 5.74) is 2.79. The Labute approximate surface area is 117 Å². The summed E-state index contributed by atoms with van der Waals surface area (Å²) in [7, 11) is 0. The van der Waals surface area contributed by atoms with Gasteiger partial charge in [0.15, 0.2) is 0 Å². The maximum absolute atomic E-state index is 4.74. The molecule has 1 saturated carbocycles. The van der Waals surface area contributed by atoms with Gasteiger partial charge in [-0.15, -0.1) is 0 Å². The molecule has 0 bridgehead atoms. The van der Waals surface area contributed by atoms with Gasteiger partial charge in [0, 0.05) is 12.2 Å². The molecule has 0 amide bonds. The summed E-state index contributed by atoms with van der Waals surface area (Å²) < 4.78 is 0. The highest BCUT2D eigenvalue weighted by molar-refractivity contribution is 5.40. The van der Waals surface area contributed by atoms with Crippen LogP contribution in [0.25, 0.3) is 0 Å².